The summed E-state index contributed by atoms with van der Waals surface area (Å²) >= 11 is 0. The van der Waals surface area contributed by atoms with Crippen LogP contribution in [0.2, 0.25) is 0 Å². The summed E-state index contributed by atoms with van der Waals surface area (Å²) in [5.41, 5.74) is 2.12. The molecule has 0 aliphatic heterocycles. The molecule has 1 spiro atoms. The maximum absolute atomic E-state index is 12.1. The molecule has 2 atom stereocenters. The Kier molecular flexibility index (Phi) is 5.54. The minimum absolute atomic E-state index is 0.0257. The monoisotopic (exact) mass is 347 g/mol. The van der Waals surface area contributed by atoms with Crippen LogP contribution in [0.5, 0.6) is 0 Å². The first-order valence-electron chi connectivity index (χ1n) is 9.69. The van der Waals surface area contributed by atoms with Crippen molar-refractivity contribution in [1.82, 2.24) is 14.8 Å². The first-order chi connectivity index (χ1) is 12.0. The molecule has 2 aliphatic rings. The van der Waals surface area contributed by atoms with Gasteiger partial charge in [-0.15, -0.1) is 0 Å². The molecule has 1 N–H and O–H groups in total. The second-order valence-electron chi connectivity index (χ2n) is 8.00. The normalized spacial score (nSPS) is 25.2. The number of hydrogen-bond donors (Lipinski definition) is 1. The highest BCUT2D eigenvalue weighted by Crippen LogP contribution is 2.55. The van der Waals surface area contributed by atoms with Crippen molar-refractivity contribution in [2.75, 3.05) is 27.7 Å². The summed E-state index contributed by atoms with van der Waals surface area (Å²) in [4.78, 5) is 19.4. The van der Waals surface area contributed by atoms with Gasteiger partial charge in [0.2, 0.25) is 0 Å². The Morgan fingerprint density at radius 2 is 1.96 bits per heavy atom. The molecule has 2 saturated carbocycles. The molecule has 0 radical (unpaired) electrons. The van der Waals surface area contributed by atoms with Gasteiger partial charge in [-0.2, -0.15) is 0 Å². The molecule has 2 aliphatic carbocycles. The quantitative estimate of drug-likeness (QED) is 0.859. The predicted octanol–water partition coefficient (Wildman–Crippen LogP) is 3.28. The number of hydrogen-bond acceptors (Lipinski definition) is 3. The van der Waals surface area contributed by atoms with Crippen molar-refractivity contribution in [3.05, 3.63) is 23.5 Å². The van der Waals surface area contributed by atoms with Gasteiger partial charge >= 0.3 is 0 Å². The van der Waals surface area contributed by atoms with Crippen LogP contribution < -0.4 is 0 Å². The molecule has 5 nitrogen and oxygen atoms in total. The standard InChI is InChI=1S/C20H33N3O2/c1-5-25-18-13-17(20(18)11-7-6-8-12-20)23(4)14-15-9-10-16(21-15)19(24)22(2)3/h9-10,17-18,21H,5-8,11-14H2,1-4H3/t17-,18-/m0/s1. The zero-order valence-corrected chi connectivity index (χ0v) is 16.2. The van der Waals surface area contributed by atoms with E-state index in [-0.39, 0.29) is 5.91 Å². The van der Waals surface area contributed by atoms with Crippen LogP contribution >= 0.6 is 0 Å². The van der Waals surface area contributed by atoms with Crippen LogP contribution in [-0.2, 0) is 11.3 Å². The number of aromatic amines is 1. The molecular weight excluding hydrogens is 314 g/mol. The maximum Gasteiger partial charge on any atom is 0.269 e. The summed E-state index contributed by atoms with van der Waals surface area (Å²) in [7, 11) is 5.78. The third-order valence-electron chi connectivity index (χ3n) is 6.23. The van der Waals surface area contributed by atoms with Crippen molar-refractivity contribution < 1.29 is 9.53 Å². The van der Waals surface area contributed by atoms with E-state index >= 15 is 0 Å². The molecular formula is C20H33N3O2. The minimum atomic E-state index is 0.0257. The smallest absolute Gasteiger partial charge is 0.269 e. The number of carbonyl (C=O) groups excluding carboxylic acids is 1. The van der Waals surface area contributed by atoms with E-state index < -0.39 is 0 Å². The van der Waals surface area contributed by atoms with Gasteiger partial charge in [-0.1, -0.05) is 19.3 Å². The van der Waals surface area contributed by atoms with Crippen LogP contribution in [0.15, 0.2) is 12.1 Å². The van der Waals surface area contributed by atoms with Gasteiger partial charge in [0.05, 0.1) is 6.10 Å². The number of ether oxygens (including phenoxy) is 1. The number of amides is 1. The van der Waals surface area contributed by atoms with Gasteiger partial charge in [-0.25, -0.2) is 0 Å². The molecule has 1 aromatic rings. The number of H-pyrrole nitrogens is 1. The minimum Gasteiger partial charge on any atom is -0.378 e. The molecule has 3 rings (SSSR count). The van der Waals surface area contributed by atoms with Crippen molar-refractivity contribution in [2.24, 2.45) is 5.41 Å². The lowest BCUT2D eigenvalue weighted by molar-refractivity contribution is -0.180. The second kappa shape index (κ2) is 7.50. The second-order valence-corrected chi connectivity index (χ2v) is 8.00. The fourth-order valence-corrected chi connectivity index (χ4v) is 4.92. The van der Waals surface area contributed by atoms with Crippen LogP contribution in [0.3, 0.4) is 0 Å². The zero-order valence-electron chi connectivity index (χ0n) is 16.2. The third-order valence-corrected chi connectivity index (χ3v) is 6.23. The van der Waals surface area contributed by atoms with Crippen molar-refractivity contribution in [3.8, 4) is 0 Å². The van der Waals surface area contributed by atoms with Gasteiger partial charge in [-0.05, 0) is 45.4 Å². The van der Waals surface area contributed by atoms with E-state index in [2.05, 4.69) is 23.9 Å². The first kappa shape index (κ1) is 18.5. The van der Waals surface area contributed by atoms with Crippen molar-refractivity contribution in [2.45, 2.75) is 64.1 Å². The Morgan fingerprint density at radius 1 is 1.24 bits per heavy atom. The number of carbonyl (C=O) groups is 1. The molecule has 2 fully saturated rings. The van der Waals surface area contributed by atoms with Crippen LogP contribution in [0.25, 0.3) is 0 Å². The number of nitrogens with one attached hydrogen (secondary N) is 1. The maximum atomic E-state index is 12.1. The summed E-state index contributed by atoms with van der Waals surface area (Å²) in [6, 6.07) is 4.52. The van der Waals surface area contributed by atoms with E-state index in [0.717, 1.165) is 25.3 Å². The van der Waals surface area contributed by atoms with Gasteiger partial charge < -0.3 is 14.6 Å². The Bertz CT molecular complexity index is 590. The molecule has 0 aromatic carbocycles. The van der Waals surface area contributed by atoms with Crippen LogP contribution in [0.1, 0.15) is 61.6 Å². The van der Waals surface area contributed by atoms with E-state index in [9.17, 15) is 4.79 Å². The van der Waals surface area contributed by atoms with Gasteiger partial charge in [0.15, 0.2) is 0 Å². The van der Waals surface area contributed by atoms with E-state index in [1.165, 1.54) is 32.1 Å². The van der Waals surface area contributed by atoms with Gasteiger partial charge in [0.1, 0.15) is 5.69 Å². The van der Waals surface area contributed by atoms with Gasteiger partial charge in [-0.3, -0.25) is 9.69 Å². The topological polar surface area (TPSA) is 48.6 Å². The van der Waals surface area contributed by atoms with Crippen molar-refractivity contribution in [3.63, 3.8) is 0 Å². The summed E-state index contributed by atoms with van der Waals surface area (Å²) in [5.74, 6) is 0.0257. The highest BCUT2D eigenvalue weighted by molar-refractivity contribution is 5.92. The van der Waals surface area contributed by atoms with Gasteiger partial charge in [0, 0.05) is 44.4 Å². The lowest BCUT2D eigenvalue weighted by atomic mass is 9.54. The average Bonchev–Trinajstić information content (AvgIpc) is 3.06. The lowest BCUT2D eigenvalue weighted by Crippen LogP contribution is -2.64. The fraction of sp³-hybridized carbons (Fsp3) is 0.750. The number of rotatable bonds is 6. The molecule has 1 aromatic heterocycles. The first-order valence-corrected chi connectivity index (χ1v) is 9.69. The fourth-order valence-electron chi connectivity index (χ4n) is 4.92. The van der Waals surface area contributed by atoms with Crippen LogP contribution in [0, 0.1) is 5.41 Å². The molecule has 1 amide bonds. The highest BCUT2D eigenvalue weighted by atomic mass is 16.5. The lowest BCUT2D eigenvalue weighted by Gasteiger charge is -2.60. The van der Waals surface area contributed by atoms with E-state index in [4.69, 9.17) is 4.74 Å². The number of nitrogens with zero attached hydrogens (tertiary/aromatic N) is 2. The SMILES string of the molecule is CCO[C@H]1C[C@H](N(C)Cc2ccc(C(=O)N(C)C)[nH]2)C12CCCCC2. The van der Waals surface area contributed by atoms with Crippen LogP contribution in [-0.4, -0.2) is 60.6 Å². The summed E-state index contributed by atoms with van der Waals surface area (Å²) in [6.45, 7) is 3.78. The molecule has 0 unspecified atom stereocenters. The van der Waals surface area contributed by atoms with Crippen molar-refractivity contribution >= 4 is 5.91 Å². The largest absolute Gasteiger partial charge is 0.378 e. The molecule has 25 heavy (non-hydrogen) atoms. The van der Waals surface area contributed by atoms with Crippen LogP contribution in [0.4, 0.5) is 0 Å². The summed E-state index contributed by atoms with van der Waals surface area (Å²) in [6.07, 6.45) is 8.18. The Balaban J connectivity index is 1.66. The Labute approximate surface area is 151 Å². The predicted molar refractivity (Wildman–Crippen MR) is 99.6 cm³/mol. The highest BCUT2D eigenvalue weighted by Gasteiger charge is 2.56. The molecule has 140 valence electrons. The molecule has 5 heteroatoms. The van der Waals surface area contributed by atoms with Crippen molar-refractivity contribution in [1.29, 1.82) is 0 Å². The van der Waals surface area contributed by atoms with E-state index in [0.29, 0.717) is 23.3 Å². The third kappa shape index (κ3) is 3.49. The molecule has 1 heterocycles. The average molecular weight is 348 g/mol. The number of aromatic nitrogens is 1. The van der Waals surface area contributed by atoms with Gasteiger partial charge in [0.25, 0.3) is 5.91 Å². The summed E-state index contributed by atoms with van der Waals surface area (Å²) < 4.78 is 6.08. The molecule has 0 bridgehead atoms. The Morgan fingerprint density at radius 3 is 2.60 bits per heavy atom. The Hall–Kier alpha value is -1.33. The summed E-state index contributed by atoms with van der Waals surface area (Å²) in [5, 5.41) is 0. The van der Waals surface area contributed by atoms with E-state index in [1.807, 2.05) is 12.1 Å². The van der Waals surface area contributed by atoms with E-state index in [1.54, 1.807) is 19.0 Å². The molecule has 0 saturated heterocycles. The zero-order chi connectivity index (χ0) is 18.0.